The average Bonchev–Trinajstić information content (AvgIpc) is 2.42. The first-order valence-electron chi connectivity index (χ1n) is 5.81. The minimum atomic E-state index is -0.586. The third-order valence-corrected chi connectivity index (χ3v) is 3.33. The van der Waals surface area contributed by atoms with Crippen LogP contribution in [0.3, 0.4) is 0 Å². The lowest BCUT2D eigenvalue weighted by molar-refractivity contribution is 0.102. The lowest BCUT2D eigenvalue weighted by atomic mass is 10.1. The zero-order valence-corrected chi connectivity index (χ0v) is 12.4. The van der Waals surface area contributed by atoms with Gasteiger partial charge in [0.05, 0.1) is 28.5 Å². The molecule has 2 aromatic carbocycles. The molecule has 2 rings (SSSR count). The van der Waals surface area contributed by atoms with Gasteiger partial charge in [-0.2, -0.15) is 0 Å². The summed E-state index contributed by atoms with van der Waals surface area (Å²) in [5.74, 6) is -0.596. The summed E-state index contributed by atoms with van der Waals surface area (Å²) in [6.45, 7) is 0. The molecule has 0 spiro atoms. The van der Waals surface area contributed by atoms with Gasteiger partial charge in [0.25, 0.3) is 5.91 Å². The number of amides is 1. The predicted octanol–water partition coefficient (Wildman–Crippen LogP) is 3.98. The molecule has 3 N–H and O–H groups in total. The Morgan fingerprint density at radius 3 is 2.38 bits per heavy atom. The Morgan fingerprint density at radius 2 is 1.86 bits per heavy atom. The molecule has 0 atom stereocenters. The topological polar surface area (TPSA) is 64.3 Å². The standard InChI is InChI=1S/C14H11Cl2FN2O2/c1-21-12-3-2-7(4-11(12)18)14(20)19-13-9(15)5-8(17)6-10(13)16/h2-6H,18H2,1H3,(H,19,20). The van der Waals surface area contributed by atoms with Gasteiger partial charge in [-0.1, -0.05) is 23.2 Å². The Morgan fingerprint density at radius 1 is 1.24 bits per heavy atom. The van der Waals surface area contributed by atoms with Crippen molar-refractivity contribution in [1.82, 2.24) is 0 Å². The number of hydrogen-bond acceptors (Lipinski definition) is 3. The molecule has 0 unspecified atom stereocenters. The van der Waals surface area contributed by atoms with E-state index in [-0.39, 0.29) is 15.7 Å². The molecule has 1 amide bonds. The van der Waals surface area contributed by atoms with E-state index in [1.54, 1.807) is 6.07 Å². The normalized spacial score (nSPS) is 10.3. The van der Waals surface area contributed by atoms with Crippen LogP contribution in [0.5, 0.6) is 5.75 Å². The van der Waals surface area contributed by atoms with Gasteiger partial charge in [0, 0.05) is 5.56 Å². The van der Waals surface area contributed by atoms with Crippen molar-refractivity contribution in [3.05, 3.63) is 51.8 Å². The zero-order valence-electron chi connectivity index (χ0n) is 10.9. The summed E-state index contributed by atoms with van der Waals surface area (Å²) in [4.78, 5) is 12.1. The van der Waals surface area contributed by atoms with E-state index >= 15 is 0 Å². The van der Waals surface area contributed by atoms with Crippen LogP contribution in [0.15, 0.2) is 30.3 Å². The number of carbonyl (C=O) groups is 1. The minimum absolute atomic E-state index is 0.00911. The summed E-state index contributed by atoms with van der Waals surface area (Å²) in [7, 11) is 1.48. The van der Waals surface area contributed by atoms with Gasteiger partial charge in [-0.25, -0.2) is 4.39 Å². The first kappa shape index (κ1) is 15.4. The quantitative estimate of drug-likeness (QED) is 0.837. The molecule has 0 heterocycles. The Kier molecular flexibility index (Phi) is 4.55. The Labute approximate surface area is 130 Å². The van der Waals surface area contributed by atoms with Gasteiger partial charge >= 0.3 is 0 Å². The van der Waals surface area contributed by atoms with Crippen LogP contribution in [0, 0.1) is 5.82 Å². The second-order valence-corrected chi connectivity index (χ2v) is 4.97. The first-order valence-corrected chi connectivity index (χ1v) is 6.57. The summed E-state index contributed by atoms with van der Waals surface area (Å²) < 4.78 is 18.1. The number of nitrogens with one attached hydrogen (secondary N) is 1. The molecule has 0 saturated heterocycles. The third-order valence-electron chi connectivity index (χ3n) is 2.74. The molecule has 0 bridgehead atoms. The number of methoxy groups -OCH3 is 1. The van der Waals surface area contributed by atoms with Crippen molar-refractivity contribution in [3.63, 3.8) is 0 Å². The van der Waals surface area contributed by atoms with Gasteiger partial charge in [0.2, 0.25) is 0 Å². The van der Waals surface area contributed by atoms with E-state index in [4.69, 9.17) is 33.7 Å². The largest absolute Gasteiger partial charge is 0.495 e. The number of hydrogen-bond donors (Lipinski definition) is 2. The van der Waals surface area contributed by atoms with Crippen LogP contribution in [0.2, 0.25) is 10.0 Å². The molecule has 0 saturated carbocycles. The Balaban J connectivity index is 2.28. The van der Waals surface area contributed by atoms with Crippen molar-refractivity contribution in [3.8, 4) is 5.75 Å². The van der Waals surface area contributed by atoms with Crippen LogP contribution < -0.4 is 15.8 Å². The molecule has 21 heavy (non-hydrogen) atoms. The second-order valence-electron chi connectivity index (χ2n) is 4.16. The molecule has 0 aliphatic carbocycles. The van der Waals surface area contributed by atoms with Gasteiger partial charge in [-0.3, -0.25) is 4.79 Å². The lowest BCUT2D eigenvalue weighted by Crippen LogP contribution is -2.13. The smallest absolute Gasteiger partial charge is 0.255 e. The molecule has 0 aliphatic rings. The summed E-state index contributed by atoms with van der Waals surface area (Å²) in [6.07, 6.45) is 0. The fourth-order valence-electron chi connectivity index (χ4n) is 1.72. The van der Waals surface area contributed by atoms with Crippen molar-refractivity contribution in [2.75, 3.05) is 18.2 Å². The molecule has 0 aliphatic heterocycles. The highest BCUT2D eigenvalue weighted by Crippen LogP contribution is 2.32. The maximum atomic E-state index is 13.1. The molecule has 0 aromatic heterocycles. The molecule has 0 radical (unpaired) electrons. The maximum absolute atomic E-state index is 13.1. The fraction of sp³-hybridized carbons (Fsp3) is 0.0714. The van der Waals surface area contributed by atoms with Crippen molar-refractivity contribution in [1.29, 1.82) is 0 Å². The third kappa shape index (κ3) is 3.37. The van der Waals surface area contributed by atoms with E-state index in [2.05, 4.69) is 5.32 Å². The van der Waals surface area contributed by atoms with Crippen LogP contribution in [0.4, 0.5) is 15.8 Å². The SMILES string of the molecule is COc1ccc(C(=O)Nc2c(Cl)cc(F)cc2Cl)cc1N. The van der Waals surface area contributed by atoms with E-state index in [0.717, 1.165) is 12.1 Å². The number of carbonyl (C=O) groups excluding carboxylic acids is 1. The van der Waals surface area contributed by atoms with E-state index in [0.29, 0.717) is 17.0 Å². The van der Waals surface area contributed by atoms with Gasteiger partial charge in [0.15, 0.2) is 0 Å². The number of benzene rings is 2. The fourth-order valence-corrected chi connectivity index (χ4v) is 2.28. The van der Waals surface area contributed by atoms with Crippen molar-refractivity contribution in [2.45, 2.75) is 0 Å². The van der Waals surface area contributed by atoms with Crippen molar-refractivity contribution < 1.29 is 13.9 Å². The van der Waals surface area contributed by atoms with E-state index in [1.165, 1.54) is 19.2 Å². The molecule has 4 nitrogen and oxygen atoms in total. The van der Waals surface area contributed by atoms with E-state index in [1.807, 2.05) is 0 Å². The number of ether oxygens (including phenoxy) is 1. The predicted molar refractivity (Wildman–Crippen MR) is 81.8 cm³/mol. The molecule has 7 heteroatoms. The average molecular weight is 329 g/mol. The van der Waals surface area contributed by atoms with Gasteiger partial charge in [-0.15, -0.1) is 0 Å². The van der Waals surface area contributed by atoms with Gasteiger partial charge in [-0.05, 0) is 30.3 Å². The monoisotopic (exact) mass is 328 g/mol. The van der Waals surface area contributed by atoms with Crippen LogP contribution in [0.1, 0.15) is 10.4 Å². The summed E-state index contributed by atoms with van der Waals surface area (Å²) >= 11 is 11.7. The molecule has 0 fully saturated rings. The van der Waals surface area contributed by atoms with Crippen molar-refractivity contribution >= 4 is 40.5 Å². The molecule has 2 aromatic rings. The van der Waals surface area contributed by atoms with Crippen LogP contribution in [-0.2, 0) is 0 Å². The summed E-state index contributed by atoms with van der Waals surface area (Å²) in [6, 6.07) is 6.68. The second kappa shape index (κ2) is 6.20. The highest BCUT2D eigenvalue weighted by Gasteiger charge is 2.14. The van der Waals surface area contributed by atoms with Crippen LogP contribution in [0.25, 0.3) is 0 Å². The van der Waals surface area contributed by atoms with Crippen molar-refractivity contribution in [2.24, 2.45) is 0 Å². The van der Waals surface area contributed by atoms with Gasteiger partial charge < -0.3 is 15.8 Å². The molecular formula is C14H11Cl2FN2O2. The highest BCUT2D eigenvalue weighted by atomic mass is 35.5. The lowest BCUT2D eigenvalue weighted by Gasteiger charge is -2.11. The van der Waals surface area contributed by atoms with E-state index in [9.17, 15) is 9.18 Å². The summed E-state index contributed by atoms with van der Waals surface area (Å²) in [5, 5.41) is 2.54. The van der Waals surface area contributed by atoms with Gasteiger partial charge in [0.1, 0.15) is 11.6 Å². The molecular weight excluding hydrogens is 318 g/mol. The number of anilines is 2. The molecule has 110 valence electrons. The Hall–Kier alpha value is -1.98. The highest BCUT2D eigenvalue weighted by molar-refractivity contribution is 6.40. The minimum Gasteiger partial charge on any atom is -0.495 e. The Bertz CT molecular complexity index is 684. The number of rotatable bonds is 3. The van der Waals surface area contributed by atoms with E-state index < -0.39 is 11.7 Å². The number of halogens is 3. The first-order chi connectivity index (χ1) is 9.92. The number of nitrogens with two attached hydrogens (primary N) is 1. The van der Waals surface area contributed by atoms with Crippen LogP contribution >= 0.6 is 23.2 Å². The van der Waals surface area contributed by atoms with Crippen LogP contribution in [-0.4, -0.2) is 13.0 Å². The zero-order chi connectivity index (χ0) is 15.6. The maximum Gasteiger partial charge on any atom is 0.255 e. The summed E-state index contributed by atoms with van der Waals surface area (Å²) in [5.41, 5.74) is 6.49. The number of nitrogen functional groups attached to an aromatic ring is 1.